The number of nitrogens with zero attached hydrogens (tertiary/aromatic N) is 1. The van der Waals surface area contributed by atoms with Crippen molar-refractivity contribution in [1.82, 2.24) is 0 Å². The molecule has 1 heteroatoms. The zero-order valence-electron chi connectivity index (χ0n) is 8.39. The van der Waals surface area contributed by atoms with Gasteiger partial charge in [-0.15, -0.1) is 0 Å². The molecule has 0 atom stereocenters. The van der Waals surface area contributed by atoms with Gasteiger partial charge in [0.2, 0.25) is 0 Å². The van der Waals surface area contributed by atoms with Crippen LogP contribution in [0.5, 0.6) is 0 Å². The van der Waals surface area contributed by atoms with Gasteiger partial charge in [-0.2, -0.15) is 5.26 Å². The molecule has 1 aromatic rings. The molecule has 0 aliphatic rings. The van der Waals surface area contributed by atoms with E-state index >= 15 is 0 Å². The third-order valence-corrected chi connectivity index (χ3v) is 2.07. The minimum absolute atomic E-state index is 0.0127. The maximum Gasteiger partial charge on any atom is 0.0997 e. The van der Waals surface area contributed by atoms with Crippen LogP contribution in [0.1, 0.15) is 37.5 Å². The molecule has 0 aliphatic carbocycles. The lowest BCUT2D eigenvalue weighted by atomic mass is 9.83. The second kappa shape index (κ2) is 3.22. The highest BCUT2D eigenvalue weighted by atomic mass is 14.3. The molecule has 1 radical (unpaired) electrons. The van der Waals surface area contributed by atoms with Crippen LogP contribution in [0.25, 0.3) is 0 Å². The third kappa shape index (κ3) is 1.89. The van der Waals surface area contributed by atoms with Crippen molar-refractivity contribution in [1.29, 1.82) is 5.26 Å². The molecular weight excluding hydrogens is 158 g/mol. The lowest BCUT2D eigenvalue weighted by Gasteiger charge is -2.21. The first-order valence-electron chi connectivity index (χ1n) is 4.32. The number of hydrogen-bond acceptors (Lipinski definition) is 1. The molecule has 0 spiro atoms. The topological polar surface area (TPSA) is 23.8 Å². The largest absolute Gasteiger partial charge is 0.192 e. The summed E-state index contributed by atoms with van der Waals surface area (Å²) in [6.45, 7) is 10.1. The molecule has 67 valence electrons. The van der Waals surface area contributed by atoms with Crippen molar-refractivity contribution in [3.05, 3.63) is 41.8 Å². The van der Waals surface area contributed by atoms with E-state index in [0.29, 0.717) is 0 Å². The lowest BCUT2D eigenvalue weighted by molar-refractivity contribution is 0.588. The minimum Gasteiger partial charge on any atom is -0.192 e. The Hall–Kier alpha value is -1.29. The molecule has 13 heavy (non-hydrogen) atoms. The fraction of sp³-hybridized carbons (Fsp3) is 0.333. The number of benzene rings is 1. The van der Waals surface area contributed by atoms with E-state index in [2.05, 4.69) is 33.8 Å². The van der Waals surface area contributed by atoms with Gasteiger partial charge in [-0.3, -0.25) is 0 Å². The molecule has 0 aromatic heterocycles. The van der Waals surface area contributed by atoms with E-state index in [0.717, 1.165) is 16.7 Å². The fourth-order valence-electron chi connectivity index (χ4n) is 1.36. The van der Waals surface area contributed by atoms with Crippen molar-refractivity contribution in [3.8, 4) is 6.07 Å². The highest BCUT2D eigenvalue weighted by molar-refractivity contribution is 5.48. The van der Waals surface area contributed by atoms with Gasteiger partial charge in [0.15, 0.2) is 0 Å². The van der Waals surface area contributed by atoms with Gasteiger partial charge in [0.25, 0.3) is 0 Å². The van der Waals surface area contributed by atoms with Gasteiger partial charge in [0.05, 0.1) is 11.6 Å². The summed E-state index contributed by atoms with van der Waals surface area (Å²) in [6.07, 6.45) is 0. The van der Waals surface area contributed by atoms with Crippen LogP contribution in [0.15, 0.2) is 18.2 Å². The number of rotatable bonds is 0. The third-order valence-electron chi connectivity index (χ3n) is 2.07. The van der Waals surface area contributed by atoms with Crippen LogP contribution in [0.4, 0.5) is 0 Å². The Bertz CT molecular complexity index is 350. The van der Waals surface area contributed by atoms with Crippen molar-refractivity contribution >= 4 is 0 Å². The van der Waals surface area contributed by atoms with Gasteiger partial charge in [-0.1, -0.05) is 39.0 Å². The summed E-state index contributed by atoms with van der Waals surface area (Å²) in [6, 6.07) is 8.02. The smallest absolute Gasteiger partial charge is 0.0997 e. The van der Waals surface area contributed by atoms with Crippen molar-refractivity contribution in [2.45, 2.75) is 26.2 Å². The van der Waals surface area contributed by atoms with Crippen molar-refractivity contribution in [2.24, 2.45) is 0 Å². The Balaban J connectivity index is 3.40. The average molecular weight is 172 g/mol. The lowest BCUT2D eigenvalue weighted by Crippen LogP contribution is -2.13. The predicted octanol–water partition coefficient (Wildman–Crippen LogP) is 3.04. The van der Waals surface area contributed by atoms with Crippen LogP contribution in [-0.2, 0) is 5.41 Å². The summed E-state index contributed by atoms with van der Waals surface area (Å²) in [5.41, 5.74) is 2.62. The van der Waals surface area contributed by atoms with E-state index in [1.165, 1.54) is 0 Å². The molecule has 0 fully saturated rings. The van der Waals surface area contributed by atoms with Crippen molar-refractivity contribution in [2.75, 3.05) is 0 Å². The van der Waals surface area contributed by atoms with Crippen LogP contribution in [0.3, 0.4) is 0 Å². The summed E-state index contributed by atoms with van der Waals surface area (Å²) >= 11 is 0. The molecular formula is C12H14N. The molecule has 1 aromatic carbocycles. The molecule has 0 bridgehead atoms. The highest BCUT2D eigenvalue weighted by Crippen LogP contribution is 2.26. The van der Waals surface area contributed by atoms with Crippen molar-refractivity contribution < 1.29 is 0 Å². The Kier molecular flexibility index (Phi) is 2.43. The second-order valence-electron chi connectivity index (χ2n) is 4.20. The van der Waals surface area contributed by atoms with Gasteiger partial charge in [-0.05, 0) is 23.5 Å². The molecule has 0 N–H and O–H groups in total. The van der Waals surface area contributed by atoms with Gasteiger partial charge < -0.3 is 0 Å². The Labute approximate surface area is 80.0 Å². The van der Waals surface area contributed by atoms with E-state index in [9.17, 15) is 0 Å². The molecule has 0 saturated carbocycles. The summed E-state index contributed by atoms with van der Waals surface area (Å²) in [7, 11) is 0. The van der Waals surface area contributed by atoms with Gasteiger partial charge in [0.1, 0.15) is 0 Å². The van der Waals surface area contributed by atoms with Crippen molar-refractivity contribution in [3.63, 3.8) is 0 Å². The van der Waals surface area contributed by atoms with E-state index in [1.807, 2.05) is 18.2 Å². The second-order valence-corrected chi connectivity index (χ2v) is 4.20. The summed E-state index contributed by atoms with van der Waals surface area (Å²) in [5, 5.41) is 8.97. The Morgan fingerprint density at radius 2 is 1.92 bits per heavy atom. The monoisotopic (exact) mass is 172 g/mol. The first-order valence-corrected chi connectivity index (χ1v) is 4.32. The SMILES string of the molecule is [CH2]c1cccc(C(C)(C)C)c1C#N. The number of nitriles is 1. The molecule has 1 rings (SSSR count). The van der Waals surface area contributed by atoms with Gasteiger partial charge in [-0.25, -0.2) is 0 Å². The van der Waals surface area contributed by atoms with Crippen LogP contribution >= 0.6 is 0 Å². The van der Waals surface area contributed by atoms with Crippen LogP contribution in [0, 0.1) is 18.3 Å². The molecule has 0 heterocycles. The molecule has 0 aliphatic heterocycles. The van der Waals surface area contributed by atoms with Crippen LogP contribution in [-0.4, -0.2) is 0 Å². The zero-order chi connectivity index (χ0) is 10.1. The Morgan fingerprint density at radius 1 is 1.31 bits per heavy atom. The van der Waals surface area contributed by atoms with Gasteiger partial charge in [0, 0.05) is 0 Å². The molecule has 1 nitrogen and oxygen atoms in total. The zero-order valence-corrected chi connectivity index (χ0v) is 8.39. The number of hydrogen-bond donors (Lipinski definition) is 0. The fourth-order valence-corrected chi connectivity index (χ4v) is 1.36. The first kappa shape index (κ1) is 9.80. The van der Waals surface area contributed by atoms with E-state index in [-0.39, 0.29) is 5.41 Å². The van der Waals surface area contributed by atoms with E-state index < -0.39 is 0 Å². The predicted molar refractivity (Wildman–Crippen MR) is 54.3 cm³/mol. The van der Waals surface area contributed by atoms with E-state index in [4.69, 9.17) is 5.26 Å². The van der Waals surface area contributed by atoms with Crippen LogP contribution in [0.2, 0.25) is 0 Å². The maximum atomic E-state index is 8.97. The first-order chi connectivity index (χ1) is 5.96. The summed E-state index contributed by atoms with van der Waals surface area (Å²) < 4.78 is 0. The molecule has 0 amide bonds. The Morgan fingerprint density at radius 3 is 2.31 bits per heavy atom. The standard InChI is InChI=1S/C12H14N/c1-9-6-5-7-11(10(9)8-13)12(2,3)4/h5-7H,1H2,2-4H3. The maximum absolute atomic E-state index is 8.97. The quantitative estimate of drug-likeness (QED) is 0.590. The normalized spacial score (nSPS) is 11.0. The van der Waals surface area contributed by atoms with E-state index in [1.54, 1.807) is 0 Å². The highest BCUT2D eigenvalue weighted by Gasteiger charge is 2.18. The van der Waals surface area contributed by atoms with Crippen LogP contribution < -0.4 is 0 Å². The minimum atomic E-state index is 0.0127. The summed E-state index contributed by atoms with van der Waals surface area (Å²) in [5.74, 6) is 0. The van der Waals surface area contributed by atoms with Gasteiger partial charge >= 0.3 is 0 Å². The molecule has 0 saturated heterocycles. The molecule has 0 unspecified atom stereocenters. The summed E-state index contributed by atoms with van der Waals surface area (Å²) in [4.78, 5) is 0. The average Bonchev–Trinajstić information content (AvgIpc) is 2.02.